The molecule has 4 heteroatoms. The molecule has 2 aromatic carbocycles. The fourth-order valence-corrected chi connectivity index (χ4v) is 3.19. The molecule has 2 aromatic rings. The number of carbonyl (C=O) groups excluding carboxylic acids is 1. The molecule has 1 aliphatic heterocycles. The van der Waals surface area contributed by atoms with E-state index >= 15 is 0 Å². The maximum absolute atomic E-state index is 13.0. The van der Waals surface area contributed by atoms with Gasteiger partial charge in [0, 0.05) is 30.0 Å². The Morgan fingerprint density at radius 3 is 2.78 bits per heavy atom. The molecular formula is C19H23N3O. The Morgan fingerprint density at radius 1 is 1.22 bits per heavy atom. The van der Waals surface area contributed by atoms with Crippen molar-refractivity contribution in [3.63, 3.8) is 0 Å². The van der Waals surface area contributed by atoms with E-state index in [-0.39, 0.29) is 5.91 Å². The summed E-state index contributed by atoms with van der Waals surface area (Å²) >= 11 is 0. The maximum atomic E-state index is 13.0. The molecule has 2 N–H and O–H groups in total. The fourth-order valence-electron chi connectivity index (χ4n) is 3.19. The minimum atomic E-state index is 0.0529. The van der Waals surface area contributed by atoms with Crippen molar-refractivity contribution in [3.05, 3.63) is 59.2 Å². The van der Waals surface area contributed by atoms with Crippen LogP contribution in [-0.4, -0.2) is 31.4 Å². The Morgan fingerprint density at radius 2 is 2.00 bits per heavy atom. The first-order valence-electron chi connectivity index (χ1n) is 7.99. The first-order valence-corrected chi connectivity index (χ1v) is 7.99. The van der Waals surface area contributed by atoms with Gasteiger partial charge < -0.3 is 15.5 Å². The Bertz CT molecular complexity index is 724. The lowest BCUT2D eigenvalue weighted by Gasteiger charge is -2.30. The normalized spacial score (nSPS) is 14.0. The predicted molar refractivity (Wildman–Crippen MR) is 94.7 cm³/mol. The number of hydrogen-bond acceptors (Lipinski definition) is 3. The number of nitrogens with zero attached hydrogens (tertiary/aromatic N) is 2. The highest BCUT2D eigenvalue weighted by atomic mass is 16.2. The lowest BCUT2D eigenvalue weighted by Crippen LogP contribution is -2.35. The monoisotopic (exact) mass is 309 g/mol. The number of carbonyl (C=O) groups is 1. The van der Waals surface area contributed by atoms with Gasteiger partial charge >= 0.3 is 0 Å². The molecule has 0 saturated heterocycles. The smallest absolute Gasteiger partial charge is 0.258 e. The molecule has 0 saturated carbocycles. The molecule has 23 heavy (non-hydrogen) atoms. The standard InChI is InChI=1S/C19H23N3O/c1-21(2)13-14-6-3-7-15(12-14)19(23)22-11-5-8-16-17(20)9-4-10-18(16)22/h3-4,6-7,9-10,12H,5,8,11,13,20H2,1-2H3. The van der Waals surface area contributed by atoms with E-state index in [1.807, 2.05) is 55.4 Å². The van der Waals surface area contributed by atoms with Gasteiger partial charge in [-0.25, -0.2) is 0 Å². The second-order valence-electron chi connectivity index (χ2n) is 6.34. The predicted octanol–water partition coefficient (Wildman–Crippen LogP) is 2.92. The van der Waals surface area contributed by atoms with Crippen LogP contribution in [0, 0.1) is 0 Å². The van der Waals surface area contributed by atoms with Gasteiger partial charge in [-0.05, 0) is 62.3 Å². The Kier molecular flexibility index (Phi) is 4.35. The van der Waals surface area contributed by atoms with Gasteiger partial charge in [-0.3, -0.25) is 4.79 Å². The number of benzene rings is 2. The largest absolute Gasteiger partial charge is 0.398 e. The van der Waals surface area contributed by atoms with Gasteiger partial charge in [0.1, 0.15) is 0 Å². The third kappa shape index (κ3) is 3.22. The quantitative estimate of drug-likeness (QED) is 0.887. The van der Waals surface area contributed by atoms with Gasteiger partial charge in [0.05, 0.1) is 0 Å². The SMILES string of the molecule is CN(C)Cc1cccc(C(=O)N2CCCc3c(N)cccc32)c1. The number of anilines is 2. The molecule has 1 heterocycles. The fraction of sp³-hybridized carbons (Fsp3) is 0.316. The zero-order valence-electron chi connectivity index (χ0n) is 13.7. The summed E-state index contributed by atoms with van der Waals surface area (Å²) < 4.78 is 0. The van der Waals surface area contributed by atoms with E-state index in [1.54, 1.807) is 0 Å². The van der Waals surface area contributed by atoms with Crippen LogP contribution in [0.1, 0.15) is 27.9 Å². The average Bonchev–Trinajstić information content (AvgIpc) is 2.54. The van der Waals surface area contributed by atoms with Crippen LogP contribution in [0.2, 0.25) is 0 Å². The van der Waals surface area contributed by atoms with Crippen molar-refractivity contribution in [1.29, 1.82) is 0 Å². The molecule has 0 atom stereocenters. The molecule has 0 radical (unpaired) electrons. The second-order valence-corrected chi connectivity index (χ2v) is 6.34. The Labute approximate surface area is 137 Å². The first kappa shape index (κ1) is 15.6. The highest BCUT2D eigenvalue weighted by molar-refractivity contribution is 6.07. The number of hydrogen-bond donors (Lipinski definition) is 1. The molecule has 120 valence electrons. The van der Waals surface area contributed by atoms with Crippen LogP contribution < -0.4 is 10.6 Å². The van der Waals surface area contributed by atoms with Gasteiger partial charge in [-0.15, -0.1) is 0 Å². The topological polar surface area (TPSA) is 49.6 Å². The molecule has 0 fully saturated rings. The molecule has 0 spiro atoms. The van der Waals surface area contributed by atoms with Crippen molar-refractivity contribution >= 4 is 17.3 Å². The van der Waals surface area contributed by atoms with E-state index in [0.29, 0.717) is 0 Å². The highest BCUT2D eigenvalue weighted by Crippen LogP contribution is 2.32. The van der Waals surface area contributed by atoms with E-state index in [4.69, 9.17) is 5.73 Å². The van der Waals surface area contributed by atoms with E-state index < -0.39 is 0 Å². The first-order chi connectivity index (χ1) is 11.1. The number of nitrogens with two attached hydrogens (primary N) is 1. The summed E-state index contributed by atoms with van der Waals surface area (Å²) in [5.74, 6) is 0.0529. The lowest BCUT2D eigenvalue weighted by atomic mass is 9.98. The number of rotatable bonds is 3. The number of fused-ring (bicyclic) bond motifs is 1. The van der Waals surface area contributed by atoms with E-state index in [1.165, 1.54) is 0 Å². The molecule has 4 nitrogen and oxygen atoms in total. The van der Waals surface area contributed by atoms with Crippen LogP contribution in [0.25, 0.3) is 0 Å². The Hall–Kier alpha value is -2.33. The minimum absolute atomic E-state index is 0.0529. The molecular weight excluding hydrogens is 286 g/mol. The van der Waals surface area contributed by atoms with Crippen molar-refractivity contribution in [2.45, 2.75) is 19.4 Å². The summed E-state index contributed by atoms with van der Waals surface area (Å²) in [5, 5.41) is 0. The van der Waals surface area contributed by atoms with Crippen molar-refractivity contribution in [3.8, 4) is 0 Å². The van der Waals surface area contributed by atoms with Crippen LogP contribution in [0.3, 0.4) is 0 Å². The van der Waals surface area contributed by atoms with Gasteiger partial charge in [0.15, 0.2) is 0 Å². The van der Waals surface area contributed by atoms with Crippen LogP contribution in [0.15, 0.2) is 42.5 Å². The van der Waals surface area contributed by atoms with Gasteiger partial charge in [-0.2, -0.15) is 0 Å². The minimum Gasteiger partial charge on any atom is -0.398 e. The summed E-state index contributed by atoms with van der Waals surface area (Å²) in [6, 6.07) is 13.7. The zero-order valence-corrected chi connectivity index (χ0v) is 13.7. The van der Waals surface area contributed by atoms with E-state index in [0.717, 1.165) is 54.0 Å². The van der Waals surface area contributed by atoms with Crippen molar-refractivity contribution in [2.24, 2.45) is 0 Å². The molecule has 0 unspecified atom stereocenters. The van der Waals surface area contributed by atoms with Gasteiger partial charge in [0.2, 0.25) is 0 Å². The summed E-state index contributed by atoms with van der Waals surface area (Å²) in [5.41, 5.74) is 10.8. The third-order valence-corrected chi connectivity index (χ3v) is 4.20. The molecule has 3 rings (SSSR count). The average molecular weight is 309 g/mol. The molecule has 0 aliphatic carbocycles. The van der Waals surface area contributed by atoms with Gasteiger partial charge in [-0.1, -0.05) is 18.2 Å². The van der Waals surface area contributed by atoms with Crippen molar-refractivity contribution in [2.75, 3.05) is 31.3 Å². The molecule has 1 aliphatic rings. The molecule has 1 amide bonds. The highest BCUT2D eigenvalue weighted by Gasteiger charge is 2.24. The van der Waals surface area contributed by atoms with Crippen LogP contribution in [0.5, 0.6) is 0 Å². The second kappa shape index (κ2) is 6.42. The Balaban J connectivity index is 1.92. The molecule has 0 aromatic heterocycles. The third-order valence-electron chi connectivity index (χ3n) is 4.20. The molecule has 0 bridgehead atoms. The van der Waals surface area contributed by atoms with E-state index in [2.05, 4.69) is 11.0 Å². The maximum Gasteiger partial charge on any atom is 0.258 e. The lowest BCUT2D eigenvalue weighted by molar-refractivity contribution is 0.0985. The van der Waals surface area contributed by atoms with Crippen molar-refractivity contribution < 1.29 is 4.79 Å². The van der Waals surface area contributed by atoms with Gasteiger partial charge in [0.25, 0.3) is 5.91 Å². The zero-order chi connectivity index (χ0) is 16.4. The van der Waals surface area contributed by atoms with Crippen LogP contribution in [0.4, 0.5) is 11.4 Å². The summed E-state index contributed by atoms with van der Waals surface area (Å²) in [6.07, 6.45) is 1.89. The summed E-state index contributed by atoms with van der Waals surface area (Å²) in [6.45, 7) is 1.57. The summed E-state index contributed by atoms with van der Waals surface area (Å²) in [4.78, 5) is 16.9. The van der Waals surface area contributed by atoms with E-state index in [9.17, 15) is 4.79 Å². The van der Waals surface area contributed by atoms with Crippen LogP contribution in [-0.2, 0) is 13.0 Å². The summed E-state index contributed by atoms with van der Waals surface area (Å²) in [7, 11) is 4.05. The number of nitrogen functional groups attached to an aromatic ring is 1. The van der Waals surface area contributed by atoms with Crippen molar-refractivity contribution in [1.82, 2.24) is 4.90 Å². The van der Waals surface area contributed by atoms with Crippen LogP contribution >= 0.6 is 0 Å². The number of amides is 1.